The minimum atomic E-state index is -0.465. The molecule has 4 nitrogen and oxygen atoms in total. The third-order valence-electron chi connectivity index (χ3n) is 4.03. The van der Waals surface area contributed by atoms with Gasteiger partial charge in [-0.05, 0) is 12.5 Å². The topological polar surface area (TPSA) is 52.4 Å². The van der Waals surface area contributed by atoms with Crippen LogP contribution in [-0.2, 0) is 0 Å². The van der Waals surface area contributed by atoms with E-state index >= 15 is 0 Å². The third-order valence-corrected chi connectivity index (χ3v) is 5.02. The molecule has 1 aliphatic carbocycles. The first kappa shape index (κ1) is 14.4. The largest absolute Gasteiger partial charge is 0.488 e. The fraction of sp³-hybridized carbons (Fsp3) is 0.538. The standard InChI is InChI=1S/C13H15Cl2NO3/c1-3-13(2)11(15)7-12(13)19-10-6-8(16(17)18)4-5-9(10)14/h4-6,11-12H,3,7H2,1-2H3. The lowest BCUT2D eigenvalue weighted by Crippen LogP contribution is -2.55. The van der Waals surface area contributed by atoms with Crippen molar-refractivity contribution >= 4 is 28.9 Å². The molecule has 2 rings (SSSR count). The van der Waals surface area contributed by atoms with Gasteiger partial charge in [0.15, 0.2) is 0 Å². The minimum absolute atomic E-state index is 0.0284. The number of rotatable bonds is 4. The van der Waals surface area contributed by atoms with Crippen LogP contribution in [0.4, 0.5) is 5.69 Å². The zero-order valence-electron chi connectivity index (χ0n) is 10.7. The first-order valence-corrected chi connectivity index (χ1v) is 6.94. The van der Waals surface area contributed by atoms with E-state index in [1.165, 1.54) is 18.2 Å². The zero-order chi connectivity index (χ0) is 14.2. The average molecular weight is 304 g/mol. The summed E-state index contributed by atoms with van der Waals surface area (Å²) in [7, 11) is 0. The van der Waals surface area contributed by atoms with Crippen molar-refractivity contribution in [2.45, 2.75) is 38.2 Å². The smallest absolute Gasteiger partial charge is 0.273 e. The number of alkyl halides is 1. The van der Waals surface area contributed by atoms with Crippen LogP contribution in [0, 0.1) is 15.5 Å². The number of nitrogens with zero attached hydrogens (tertiary/aromatic N) is 1. The van der Waals surface area contributed by atoms with Crippen molar-refractivity contribution in [2.75, 3.05) is 0 Å². The quantitative estimate of drug-likeness (QED) is 0.470. The zero-order valence-corrected chi connectivity index (χ0v) is 12.2. The van der Waals surface area contributed by atoms with Crippen molar-refractivity contribution in [3.8, 4) is 5.75 Å². The molecule has 1 saturated carbocycles. The first-order valence-electron chi connectivity index (χ1n) is 6.13. The van der Waals surface area contributed by atoms with Crippen molar-refractivity contribution < 1.29 is 9.66 Å². The first-order chi connectivity index (χ1) is 8.88. The van der Waals surface area contributed by atoms with Crippen molar-refractivity contribution in [1.29, 1.82) is 0 Å². The fourth-order valence-electron chi connectivity index (χ4n) is 2.25. The van der Waals surface area contributed by atoms with Crippen LogP contribution < -0.4 is 4.74 Å². The Hall–Kier alpha value is -1.000. The Morgan fingerprint density at radius 1 is 1.58 bits per heavy atom. The molecule has 1 aromatic carbocycles. The molecule has 0 bridgehead atoms. The molecule has 0 saturated heterocycles. The molecule has 0 N–H and O–H groups in total. The molecule has 0 amide bonds. The third kappa shape index (κ3) is 2.51. The summed E-state index contributed by atoms with van der Waals surface area (Å²) in [6.07, 6.45) is 1.56. The molecule has 104 valence electrons. The highest BCUT2D eigenvalue weighted by Gasteiger charge is 2.51. The van der Waals surface area contributed by atoms with E-state index in [4.69, 9.17) is 27.9 Å². The lowest BCUT2D eigenvalue weighted by Gasteiger charge is -2.50. The minimum Gasteiger partial charge on any atom is -0.488 e. The number of ether oxygens (including phenoxy) is 1. The molecular weight excluding hydrogens is 289 g/mol. The van der Waals surface area contributed by atoms with Gasteiger partial charge in [0.2, 0.25) is 0 Å². The molecule has 0 spiro atoms. The van der Waals surface area contributed by atoms with Crippen LogP contribution in [0.25, 0.3) is 0 Å². The summed E-state index contributed by atoms with van der Waals surface area (Å²) in [4.78, 5) is 10.3. The van der Waals surface area contributed by atoms with E-state index in [9.17, 15) is 10.1 Å². The predicted molar refractivity (Wildman–Crippen MR) is 75.2 cm³/mol. The van der Waals surface area contributed by atoms with E-state index in [0.717, 1.165) is 12.8 Å². The lowest BCUT2D eigenvalue weighted by molar-refractivity contribution is -0.385. The fourth-order valence-corrected chi connectivity index (χ4v) is 2.87. The Labute approximate surface area is 121 Å². The van der Waals surface area contributed by atoms with Gasteiger partial charge in [-0.2, -0.15) is 0 Å². The van der Waals surface area contributed by atoms with Crippen molar-refractivity contribution in [2.24, 2.45) is 5.41 Å². The van der Waals surface area contributed by atoms with Crippen LogP contribution in [0.2, 0.25) is 5.02 Å². The van der Waals surface area contributed by atoms with Crippen molar-refractivity contribution in [3.63, 3.8) is 0 Å². The SMILES string of the molecule is CCC1(C)C(Cl)CC1Oc1cc([N+](=O)[O-])ccc1Cl. The van der Waals surface area contributed by atoms with Crippen LogP contribution in [-0.4, -0.2) is 16.4 Å². The lowest BCUT2D eigenvalue weighted by atomic mass is 9.65. The molecule has 0 heterocycles. The summed E-state index contributed by atoms with van der Waals surface area (Å²) >= 11 is 12.2. The van der Waals surface area contributed by atoms with E-state index in [1.54, 1.807) is 0 Å². The van der Waals surface area contributed by atoms with E-state index < -0.39 is 4.92 Å². The van der Waals surface area contributed by atoms with Gasteiger partial charge < -0.3 is 4.74 Å². The van der Waals surface area contributed by atoms with Crippen LogP contribution >= 0.6 is 23.2 Å². The van der Waals surface area contributed by atoms with E-state index in [0.29, 0.717) is 10.8 Å². The molecule has 19 heavy (non-hydrogen) atoms. The van der Waals surface area contributed by atoms with Gasteiger partial charge in [0.1, 0.15) is 11.9 Å². The molecule has 3 atom stereocenters. The highest BCUT2D eigenvalue weighted by molar-refractivity contribution is 6.32. The van der Waals surface area contributed by atoms with Crippen LogP contribution in [0.5, 0.6) is 5.75 Å². The maximum absolute atomic E-state index is 10.8. The number of non-ortho nitro benzene ring substituents is 1. The molecule has 0 aromatic heterocycles. The maximum atomic E-state index is 10.8. The summed E-state index contributed by atoms with van der Waals surface area (Å²) in [6, 6.07) is 4.20. The monoisotopic (exact) mass is 303 g/mol. The molecular formula is C13H15Cl2NO3. The summed E-state index contributed by atoms with van der Waals surface area (Å²) in [5.74, 6) is 0.351. The predicted octanol–water partition coefficient (Wildman–Crippen LogP) is 4.42. The van der Waals surface area contributed by atoms with Gasteiger partial charge in [-0.15, -0.1) is 11.6 Å². The Kier molecular flexibility index (Phi) is 3.92. The molecule has 0 aliphatic heterocycles. The summed E-state index contributed by atoms with van der Waals surface area (Å²) in [6.45, 7) is 4.12. The second-order valence-electron chi connectivity index (χ2n) is 5.04. The van der Waals surface area contributed by atoms with Crippen molar-refractivity contribution in [1.82, 2.24) is 0 Å². The Bertz CT molecular complexity index is 509. The normalized spacial score (nSPS) is 29.7. The van der Waals surface area contributed by atoms with Gasteiger partial charge in [0.25, 0.3) is 5.69 Å². The summed E-state index contributed by atoms with van der Waals surface area (Å²) in [5, 5.41) is 11.2. The van der Waals surface area contributed by atoms with Crippen LogP contribution in [0.15, 0.2) is 18.2 Å². The van der Waals surface area contributed by atoms with Gasteiger partial charge >= 0.3 is 0 Å². The van der Waals surface area contributed by atoms with Gasteiger partial charge in [-0.1, -0.05) is 25.4 Å². The Morgan fingerprint density at radius 3 is 2.79 bits per heavy atom. The molecule has 6 heteroatoms. The van der Waals surface area contributed by atoms with Gasteiger partial charge in [0.05, 0.1) is 16.0 Å². The molecule has 1 aliphatic rings. The second kappa shape index (κ2) is 5.17. The van der Waals surface area contributed by atoms with E-state index in [2.05, 4.69) is 13.8 Å². The summed E-state index contributed by atoms with van der Waals surface area (Å²) < 4.78 is 5.83. The number of benzene rings is 1. The Balaban J connectivity index is 2.20. The number of hydrogen-bond donors (Lipinski definition) is 0. The molecule has 1 fully saturated rings. The number of halogens is 2. The maximum Gasteiger partial charge on any atom is 0.273 e. The summed E-state index contributed by atoms with van der Waals surface area (Å²) in [5.41, 5.74) is -0.144. The average Bonchev–Trinajstić information content (AvgIpc) is 2.39. The van der Waals surface area contributed by atoms with Crippen molar-refractivity contribution in [3.05, 3.63) is 33.3 Å². The van der Waals surface area contributed by atoms with E-state index in [1.807, 2.05) is 0 Å². The van der Waals surface area contributed by atoms with Gasteiger partial charge in [0, 0.05) is 23.3 Å². The van der Waals surface area contributed by atoms with Crippen LogP contribution in [0.1, 0.15) is 26.7 Å². The number of nitro groups is 1. The van der Waals surface area contributed by atoms with Gasteiger partial charge in [-0.3, -0.25) is 10.1 Å². The van der Waals surface area contributed by atoms with Gasteiger partial charge in [-0.25, -0.2) is 0 Å². The van der Waals surface area contributed by atoms with Crippen LogP contribution in [0.3, 0.4) is 0 Å². The van der Waals surface area contributed by atoms with E-state index in [-0.39, 0.29) is 22.6 Å². The Morgan fingerprint density at radius 2 is 2.26 bits per heavy atom. The number of hydrogen-bond acceptors (Lipinski definition) is 3. The number of nitro benzene ring substituents is 1. The highest BCUT2D eigenvalue weighted by Crippen LogP contribution is 2.49. The second-order valence-corrected chi connectivity index (χ2v) is 5.97. The molecule has 1 aromatic rings. The molecule has 0 radical (unpaired) electrons. The molecule has 3 unspecified atom stereocenters. The highest BCUT2D eigenvalue weighted by atomic mass is 35.5.